The number of aromatic nitrogens is 2. The highest BCUT2D eigenvalue weighted by Crippen LogP contribution is 2.23. The highest BCUT2D eigenvalue weighted by atomic mass is 16.5. The van der Waals surface area contributed by atoms with Crippen LogP contribution >= 0.6 is 0 Å². The SMILES string of the molecule is Cc1cnc(C2CCOC2)nc1CNC1CC1. The van der Waals surface area contributed by atoms with Gasteiger partial charge in [0, 0.05) is 31.3 Å². The van der Waals surface area contributed by atoms with E-state index < -0.39 is 0 Å². The van der Waals surface area contributed by atoms with Gasteiger partial charge in [-0.2, -0.15) is 0 Å². The van der Waals surface area contributed by atoms with E-state index in [9.17, 15) is 0 Å². The van der Waals surface area contributed by atoms with Crippen LogP contribution < -0.4 is 5.32 Å². The Morgan fingerprint density at radius 3 is 3.00 bits per heavy atom. The summed E-state index contributed by atoms with van der Waals surface area (Å²) in [5.41, 5.74) is 2.33. The molecule has 1 N–H and O–H groups in total. The molecule has 1 aromatic rings. The van der Waals surface area contributed by atoms with E-state index in [-0.39, 0.29) is 0 Å². The van der Waals surface area contributed by atoms with Gasteiger partial charge in [0.05, 0.1) is 12.3 Å². The zero-order valence-electron chi connectivity index (χ0n) is 10.3. The van der Waals surface area contributed by atoms with Crippen molar-refractivity contribution in [2.45, 2.75) is 44.7 Å². The summed E-state index contributed by atoms with van der Waals surface area (Å²) in [6.45, 7) is 4.58. The molecule has 1 saturated heterocycles. The van der Waals surface area contributed by atoms with Crippen LogP contribution in [0.25, 0.3) is 0 Å². The Morgan fingerprint density at radius 2 is 2.29 bits per heavy atom. The number of nitrogens with one attached hydrogen (secondary N) is 1. The predicted molar refractivity (Wildman–Crippen MR) is 64.8 cm³/mol. The van der Waals surface area contributed by atoms with Gasteiger partial charge in [0.25, 0.3) is 0 Å². The second-order valence-electron chi connectivity index (χ2n) is 5.07. The van der Waals surface area contributed by atoms with E-state index in [1.54, 1.807) is 0 Å². The first-order valence-corrected chi connectivity index (χ1v) is 6.46. The molecule has 17 heavy (non-hydrogen) atoms. The van der Waals surface area contributed by atoms with Gasteiger partial charge >= 0.3 is 0 Å². The molecule has 92 valence electrons. The summed E-state index contributed by atoms with van der Waals surface area (Å²) >= 11 is 0. The monoisotopic (exact) mass is 233 g/mol. The van der Waals surface area contributed by atoms with Gasteiger partial charge in [-0.1, -0.05) is 0 Å². The van der Waals surface area contributed by atoms with E-state index in [2.05, 4.69) is 17.2 Å². The van der Waals surface area contributed by atoms with Gasteiger partial charge in [0.1, 0.15) is 5.82 Å². The molecule has 1 atom stereocenters. The first-order valence-electron chi connectivity index (χ1n) is 6.46. The maximum Gasteiger partial charge on any atom is 0.134 e. The van der Waals surface area contributed by atoms with Crippen LogP contribution in [-0.2, 0) is 11.3 Å². The lowest BCUT2D eigenvalue weighted by molar-refractivity contribution is 0.193. The third-order valence-corrected chi connectivity index (χ3v) is 3.53. The predicted octanol–water partition coefficient (Wildman–Crippen LogP) is 1.54. The van der Waals surface area contributed by atoms with Crippen LogP contribution in [-0.4, -0.2) is 29.2 Å². The van der Waals surface area contributed by atoms with Crippen molar-refractivity contribution >= 4 is 0 Å². The zero-order valence-corrected chi connectivity index (χ0v) is 10.3. The van der Waals surface area contributed by atoms with Crippen molar-refractivity contribution in [3.05, 3.63) is 23.3 Å². The Morgan fingerprint density at radius 1 is 1.41 bits per heavy atom. The Balaban J connectivity index is 1.73. The maximum atomic E-state index is 5.39. The van der Waals surface area contributed by atoms with E-state index in [0.717, 1.165) is 43.7 Å². The standard InChI is InChI=1S/C13H19N3O/c1-9-6-15-13(10-4-5-17-8-10)16-12(9)7-14-11-2-3-11/h6,10-11,14H,2-5,7-8H2,1H3. The van der Waals surface area contributed by atoms with Gasteiger partial charge in [0.2, 0.25) is 0 Å². The molecule has 0 radical (unpaired) electrons. The Bertz CT molecular complexity index is 398. The van der Waals surface area contributed by atoms with Crippen molar-refractivity contribution in [3.63, 3.8) is 0 Å². The summed E-state index contributed by atoms with van der Waals surface area (Å²) < 4.78 is 5.39. The van der Waals surface area contributed by atoms with E-state index in [1.165, 1.54) is 18.4 Å². The van der Waals surface area contributed by atoms with Crippen molar-refractivity contribution in [1.82, 2.24) is 15.3 Å². The summed E-state index contributed by atoms with van der Waals surface area (Å²) in [5.74, 6) is 1.36. The average molecular weight is 233 g/mol. The average Bonchev–Trinajstić information content (AvgIpc) is 3.00. The van der Waals surface area contributed by atoms with E-state index in [0.29, 0.717) is 5.92 Å². The Labute approximate surface area is 102 Å². The van der Waals surface area contributed by atoms with Crippen LogP contribution in [0.3, 0.4) is 0 Å². The second-order valence-corrected chi connectivity index (χ2v) is 5.07. The molecule has 1 aliphatic heterocycles. The lowest BCUT2D eigenvalue weighted by Gasteiger charge is -2.10. The van der Waals surface area contributed by atoms with Gasteiger partial charge in [-0.25, -0.2) is 9.97 Å². The largest absolute Gasteiger partial charge is 0.381 e. The topological polar surface area (TPSA) is 47.0 Å². The summed E-state index contributed by atoms with van der Waals surface area (Å²) in [6, 6.07) is 0.725. The number of hydrogen-bond acceptors (Lipinski definition) is 4. The molecule has 1 unspecified atom stereocenters. The van der Waals surface area contributed by atoms with Crippen LogP contribution in [0.1, 0.15) is 42.3 Å². The third kappa shape index (κ3) is 2.64. The van der Waals surface area contributed by atoms with E-state index in [1.807, 2.05) is 6.20 Å². The molecule has 0 bridgehead atoms. The van der Waals surface area contributed by atoms with Gasteiger partial charge in [0.15, 0.2) is 0 Å². The van der Waals surface area contributed by atoms with Gasteiger partial charge < -0.3 is 10.1 Å². The first-order chi connectivity index (χ1) is 8.33. The maximum absolute atomic E-state index is 5.39. The van der Waals surface area contributed by atoms with Crippen molar-refractivity contribution in [2.24, 2.45) is 0 Å². The molecule has 4 heteroatoms. The number of hydrogen-bond donors (Lipinski definition) is 1. The Hall–Kier alpha value is -1.00. The molecule has 1 aromatic heterocycles. The third-order valence-electron chi connectivity index (χ3n) is 3.53. The minimum atomic E-state index is 0.398. The number of nitrogens with zero attached hydrogens (tertiary/aromatic N) is 2. The van der Waals surface area contributed by atoms with Crippen molar-refractivity contribution < 1.29 is 4.74 Å². The van der Waals surface area contributed by atoms with Crippen LogP contribution in [0.2, 0.25) is 0 Å². The highest BCUT2D eigenvalue weighted by molar-refractivity contribution is 5.17. The van der Waals surface area contributed by atoms with Gasteiger partial charge in [-0.05, 0) is 31.7 Å². The second kappa shape index (κ2) is 4.70. The summed E-state index contributed by atoms with van der Waals surface area (Å²) in [6.07, 6.45) is 5.63. The molecule has 0 spiro atoms. The molecule has 0 aromatic carbocycles. The Kier molecular flexibility index (Phi) is 3.07. The quantitative estimate of drug-likeness (QED) is 0.857. The normalized spacial score (nSPS) is 24.2. The molecule has 1 saturated carbocycles. The van der Waals surface area contributed by atoms with Crippen molar-refractivity contribution in [2.75, 3.05) is 13.2 Å². The molecule has 0 amide bonds. The van der Waals surface area contributed by atoms with Crippen LogP contribution in [0, 0.1) is 6.92 Å². The molecule has 3 rings (SSSR count). The van der Waals surface area contributed by atoms with E-state index >= 15 is 0 Å². The van der Waals surface area contributed by atoms with E-state index in [4.69, 9.17) is 9.72 Å². The van der Waals surface area contributed by atoms with Gasteiger partial charge in [-0.3, -0.25) is 0 Å². The fourth-order valence-electron chi connectivity index (χ4n) is 2.14. The minimum Gasteiger partial charge on any atom is -0.381 e. The number of ether oxygens (including phenoxy) is 1. The molecule has 2 heterocycles. The summed E-state index contributed by atoms with van der Waals surface area (Å²) in [5, 5.41) is 3.51. The molecular formula is C13H19N3O. The lowest BCUT2D eigenvalue weighted by atomic mass is 10.1. The first kappa shape index (κ1) is 11.1. The summed E-state index contributed by atoms with van der Waals surface area (Å²) in [7, 11) is 0. The summed E-state index contributed by atoms with van der Waals surface area (Å²) in [4.78, 5) is 9.15. The smallest absolute Gasteiger partial charge is 0.134 e. The number of aryl methyl sites for hydroxylation is 1. The molecule has 2 aliphatic rings. The van der Waals surface area contributed by atoms with Crippen molar-refractivity contribution in [1.29, 1.82) is 0 Å². The van der Waals surface area contributed by atoms with Crippen LogP contribution in [0.15, 0.2) is 6.20 Å². The molecule has 4 nitrogen and oxygen atoms in total. The van der Waals surface area contributed by atoms with Crippen LogP contribution in [0.5, 0.6) is 0 Å². The van der Waals surface area contributed by atoms with Gasteiger partial charge in [-0.15, -0.1) is 0 Å². The fourth-order valence-corrected chi connectivity index (χ4v) is 2.14. The zero-order chi connectivity index (χ0) is 11.7. The fraction of sp³-hybridized carbons (Fsp3) is 0.692. The molecule has 2 fully saturated rings. The number of rotatable bonds is 4. The van der Waals surface area contributed by atoms with Crippen molar-refractivity contribution in [3.8, 4) is 0 Å². The highest BCUT2D eigenvalue weighted by Gasteiger charge is 2.23. The minimum absolute atomic E-state index is 0.398. The van der Waals surface area contributed by atoms with Crippen LogP contribution in [0.4, 0.5) is 0 Å². The lowest BCUT2D eigenvalue weighted by Crippen LogP contribution is -2.18. The molecular weight excluding hydrogens is 214 g/mol. The molecule has 1 aliphatic carbocycles.